The van der Waals surface area contributed by atoms with E-state index in [1.165, 1.54) is 17.7 Å². The molecule has 21 heavy (non-hydrogen) atoms. The van der Waals surface area contributed by atoms with Gasteiger partial charge in [-0.2, -0.15) is 0 Å². The SMILES string of the molecule is C=CS/C(=C\C)C1CCC(n2ccc3c(N)ncnc32)C1. The van der Waals surface area contributed by atoms with Crippen molar-refractivity contribution in [3.8, 4) is 0 Å². The summed E-state index contributed by atoms with van der Waals surface area (Å²) in [6.07, 6.45) is 9.39. The summed E-state index contributed by atoms with van der Waals surface area (Å²) >= 11 is 1.75. The highest BCUT2D eigenvalue weighted by molar-refractivity contribution is 8.05. The number of allylic oxidation sites excluding steroid dienone is 2. The van der Waals surface area contributed by atoms with E-state index in [1.54, 1.807) is 18.1 Å². The number of nitrogens with two attached hydrogens (primary N) is 1. The second kappa shape index (κ2) is 5.93. The number of nitrogens with zero attached hydrogens (tertiary/aromatic N) is 3. The highest BCUT2D eigenvalue weighted by Gasteiger charge is 2.29. The van der Waals surface area contributed by atoms with Crippen LogP contribution in [-0.2, 0) is 0 Å². The maximum Gasteiger partial charge on any atom is 0.145 e. The van der Waals surface area contributed by atoms with Crippen molar-refractivity contribution in [2.45, 2.75) is 32.2 Å². The lowest BCUT2D eigenvalue weighted by atomic mass is 10.1. The summed E-state index contributed by atoms with van der Waals surface area (Å²) in [4.78, 5) is 9.90. The maximum absolute atomic E-state index is 5.92. The van der Waals surface area contributed by atoms with Gasteiger partial charge in [-0.3, -0.25) is 0 Å². The molecule has 3 rings (SSSR count). The average Bonchev–Trinajstić information content (AvgIpc) is 3.11. The number of hydrogen-bond donors (Lipinski definition) is 1. The van der Waals surface area contributed by atoms with Crippen LogP contribution >= 0.6 is 11.8 Å². The lowest BCUT2D eigenvalue weighted by molar-refractivity contribution is 0.517. The molecule has 110 valence electrons. The minimum absolute atomic E-state index is 0.488. The summed E-state index contributed by atoms with van der Waals surface area (Å²) < 4.78 is 2.26. The summed E-state index contributed by atoms with van der Waals surface area (Å²) in [7, 11) is 0. The van der Waals surface area contributed by atoms with Crippen LogP contribution < -0.4 is 5.73 Å². The largest absolute Gasteiger partial charge is 0.383 e. The molecule has 2 atom stereocenters. The van der Waals surface area contributed by atoms with Crippen LogP contribution in [-0.4, -0.2) is 14.5 Å². The van der Waals surface area contributed by atoms with Crippen LogP contribution in [0.15, 0.2) is 41.6 Å². The Morgan fingerprint density at radius 3 is 3.10 bits per heavy atom. The van der Waals surface area contributed by atoms with Crippen molar-refractivity contribution in [1.29, 1.82) is 0 Å². The van der Waals surface area contributed by atoms with Crippen molar-refractivity contribution < 1.29 is 0 Å². The van der Waals surface area contributed by atoms with Gasteiger partial charge in [0.25, 0.3) is 0 Å². The molecule has 2 aromatic heterocycles. The van der Waals surface area contributed by atoms with Crippen molar-refractivity contribution in [2.75, 3.05) is 5.73 Å². The third kappa shape index (κ3) is 2.58. The van der Waals surface area contributed by atoms with Crippen LogP contribution in [0.2, 0.25) is 0 Å². The summed E-state index contributed by atoms with van der Waals surface area (Å²) in [6.45, 7) is 5.93. The second-order valence-electron chi connectivity index (χ2n) is 5.36. The molecule has 1 saturated carbocycles. The van der Waals surface area contributed by atoms with Gasteiger partial charge in [0.05, 0.1) is 5.39 Å². The Morgan fingerprint density at radius 1 is 1.48 bits per heavy atom. The molecule has 0 radical (unpaired) electrons. The molecule has 2 aromatic rings. The summed E-state index contributed by atoms with van der Waals surface area (Å²) in [5, 5.41) is 2.87. The van der Waals surface area contributed by atoms with E-state index in [-0.39, 0.29) is 0 Å². The molecular weight excluding hydrogens is 280 g/mol. The third-order valence-corrected chi connectivity index (χ3v) is 5.25. The van der Waals surface area contributed by atoms with E-state index < -0.39 is 0 Å². The first-order valence-corrected chi connectivity index (χ1v) is 8.13. The molecule has 2 unspecified atom stereocenters. The smallest absolute Gasteiger partial charge is 0.145 e. The van der Waals surface area contributed by atoms with Crippen molar-refractivity contribution >= 4 is 28.6 Å². The summed E-state index contributed by atoms with van der Waals surface area (Å²) in [5.74, 6) is 1.18. The Labute approximate surface area is 129 Å². The number of thioether (sulfide) groups is 1. The zero-order chi connectivity index (χ0) is 14.8. The highest BCUT2D eigenvalue weighted by atomic mass is 32.2. The molecule has 0 aliphatic heterocycles. The fraction of sp³-hybridized carbons (Fsp3) is 0.375. The number of fused-ring (bicyclic) bond motifs is 1. The fourth-order valence-corrected chi connectivity index (χ4v) is 3.99. The van der Waals surface area contributed by atoms with Crippen LogP contribution in [0.3, 0.4) is 0 Å². The first-order valence-electron chi connectivity index (χ1n) is 7.25. The molecule has 2 heterocycles. The highest BCUT2D eigenvalue weighted by Crippen LogP contribution is 2.43. The molecule has 5 heteroatoms. The molecule has 1 fully saturated rings. The van der Waals surface area contributed by atoms with Crippen molar-refractivity contribution in [3.05, 3.63) is 41.6 Å². The van der Waals surface area contributed by atoms with E-state index in [0.717, 1.165) is 17.5 Å². The average molecular weight is 300 g/mol. The molecule has 0 amide bonds. The normalized spacial score (nSPS) is 22.8. The number of aromatic nitrogens is 3. The fourth-order valence-electron chi connectivity index (χ4n) is 3.25. The number of hydrogen-bond acceptors (Lipinski definition) is 4. The van der Waals surface area contributed by atoms with Crippen LogP contribution in [0, 0.1) is 5.92 Å². The Kier molecular flexibility index (Phi) is 4.01. The standard InChI is InChI=1S/C16H20N4S/c1-3-14(21-4-2)11-5-6-12(9-11)20-8-7-13-15(17)18-10-19-16(13)20/h3-4,7-8,10-12H,2,5-6,9H2,1H3,(H2,17,18,19)/b14-3-. The van der Waals surface area contributed by atoms with E-state index in [2.05, 4.69) is 40.3 Å². The lowest BCUT2D eigenvalue weighted by Crippen LogP contribution is -2.06. The molecule has 1 aliphatic carbocycles. The zero-order valence-electron chi connectivity index (χ0n) is 12.2. The van der Waals surface area contributed by atoms with Crippen LogP contribution in [0.25, 0.3) is 11.0 Å². The second-order valence-corrected chi connectivity index (χ2v) is 6.40. The van der Waals surface area contributed by atoms with Crippen molar-refractivity contribution in [2.24, 2.45) is 5.92 Å². The van der Waals surface area contributed by atoms with Gasteiger partial charge in [0.15, 0.2) is 0 Å². The Bertz CT molecular complexity index is 689. The predicted molar refractivity (Wildman–Crippen MR) is 89.9 cm³/mol. The van der Waals surface area contributed by atoms with Gasteiger partial charge in [0.2, 0.25) is 0 Å². The number of nitrogen functional groups attached to an aromatic ring is 1. The van der Waals surface area contributed by atoms with Gasteiger partial charge in [0, 0.05) is 12.2 Å². The minimum atomic E-state index is 0.488. The summed E-state index contributed by atoms with van der Waals surface area (Å²) in [6, 6.07) is 2.51. The van der Waals surface area contributed by atoms with Gasteiger partial charge in [-0.05, 0) is 48.5 Å². The van der Waals surface area contributed by atoms with Gasteiger partial charge in [-0.25, -0.2) is 9.97 Å². The van der Waals surface area contributed by atoms with E-state index in [9.17, 15) is 0 Å². The lowest BCUT2D eigenvalue weighted by Gasteiger charge is -2.15. The first kappa shape index (κ1) is 14.2. The van der Waals surface area contributed by atoms with Gasteiger partial charge < -0.3 is 10.3 Å². The van der Waals surface area contributed by atoms with E-state index in [4.69, 9.17) is 5.73 Å². The van der Waals surface area contributed by atoms with Gasteiger partial charge in [-0.1, -0.05) is 12.7 Å². The molecule has 2 N–H and O–H groups in total. The quantitative estimate of drug-likeness (QED) is 0.922. The Balaban J connectivity index is 1.85. The molecule has 1 aliphatic rings. The van der Waals surface area contributed by atoms with Crippen LogP contribution in [0.5, 0.6) is 0 Å². The van der Waals surface area contributed by atoms with Crippen LogP contribution in [0.4, 0.5) is 5.82 Å². The molecule has 0 bridgehead atoms. The molecule has 0 aromatic carbocycles. The Morgan fingerprint density at radius 2 is 2.33 bits per heavy atom. The molecular formula is C16H20N4S. The van der Waals surface area contributed by atoms with Gasteiger partial charge in [-0.15, -0.1) is 11.8 Å². The molecule has 0 saturated heterocycles. The van der Waals surface area contributed by atoms with Crippen LogP contribution in [0.1, 0.15) is 32.2 Å². The van der Waals surface area contributed by atoms with Gasteiger partial charge in [0.1, 0.15) is 17.8 Å². The van der Waals surface area contributed by atoms with Crippen molar-refractivity contribution in [3.63, 3.8) is 0 Å². The Hall–Kier alpha value is -1.75. The molecule has 0 spiro atoms. The monoisotopic (exact) mass is 300 g/mol. The predicted octanol–water partition coefficient (Wildman–Crippen LogP) is 4.14. The number of anilines is 1. The topological polar surface area (TPSA) is 56.7 Å². The molecule has 4 nitrogen and oxygen atoms in total. The van der Waals surface area contributed by atoms with E-state index in [0.29, 0.717) is 17.8 Å². The zero-order valence-corrected chi connectivity index (χ0v) is 13.0. The third-order valence-electron chi connectivity index (χ3n) is 4.24. The van der Waals surface area contributed by atoms with E-state index >= 15 is 0 Å². The summed E-state index contributed by atoms with van der Waals surface area (Å²) in [5.41, 5.74) is 6.87. The maximum atomic E-state index is 5.92. The number of rotatable bonds is 4. The van der Waals surface area contributed by atoms with E-state index in [1.807, 2.05) is 11.5 Å². The van der Waals surface area contributed by atoms with Gasteiger partial charge >= 0.3 is 0 Å². The van der Waals surface area contributed by atoms with Crippen molar-refractivity contribution in [1.82, 2.24) is 14.5 Å². The first-order chi connectivity index (χ1) is 10.2. The minimum Gasteiger partial charge on any atom is -0.383 e.